The number of aryl methyl sites for hydroxylation is 2. The standard InChI is InChI=1S/C15H21N3/c1-11-4-5-13-12(10-11)17-14(18(13)3)15(2)6-8-16-9-7-15/h4-5,10,16H,6-9H2,1-3H3. The SMILES string of the molecule is Cc1ccc2c(c1)nc(C1(C)CCNCC1)n2C. The number of nitrogens with zero attached hydrogens (tertiary/aromatic N) is 2. The summed E-state index contributed by atoms with van der Waals surface area (Å²) in [6, 6.07) is 6.54. The van der Waals surface area contributed by atoms with Crippen LogP contribution >= 0.6 is 0 Å². The maximum atomic E-state index is 4.90. The van der Waals surface area contributed by atoms with Crippen LogP contribution in [0.15, 0.2) is 18.2 Å². The van der Waals surface area contributed by atoms with Gasteiger partial charge < -0.3 is 9.88 Å². The number of rotatable bonds is 1. The lowest BCUT2D eigenvalue weighted by Crippen LogP contribution is -2.39. The van der Waals surface area contributed by atoms with Crippen LogP contribution < -0.4 is 5.32 Å². The summed E-state index contributed by atoms with van der Waals surface area (Å²) in [5.74, 6) is 1.24. The summed E-state index contributed by atoms with van der Waals surface area (Å²) in [5, 5.41) is 3.43. The fourth-order valence-corrected chi connectivity index (χ4v) is 3.05. The first-order valence-corrected chi connectivity index (χ1v) is 6.74. The van der Waals surface area contributed by atoms with Gasteiger partial charge in [-0.3, -0.25) is 0 Å². The number of benzene rings is 1. The number of hydrogen-bond donors (Lipinski definition) is 1. The molecular weight excluding hydrogens is 222 g/mol. The van der Waals surface area contributed by atoms with Gasteiger partial charge in [-0.15, -0.1) is 0 Å². The van der Waals surface area contributed by atoms with E-state index in [9.17, 15) is 0 Å². The third-order valence-electron chi connectivity index (χ3n) is 4.28. The number of piperidine rings is 1. The second-order valence-corrected chi connectivity index (χ2v) is 5.80. The molecule has 0 bridgehead atoms. The second kappa shape index (κ2) is 4.09. The molecule has 1 aromatic carbocycles. The number of nitrogens with one attached hydrogen (secondary N) is 1. The van der Waals surface area contributed by atoms with Gasteiger partial charge in [0.15, 0.2) is 0 Å². The van der Waals surface area contributed by atoms with E-state index in [1.54, 1.807) is 0 Å². The Kier molecular flexibility index (Phi) is 2.67. The average Bonchev–Trinajstić information content (AvgIpc) is 2.68. The van der Waals surface area contributed by atoms with Crippen molar-refractivity contribution in [3.63, 3.8) is 0 Å². The van der Waals surface area contributed by atoms with Crippen molar-refractivity contribution in [1.82, 2.24) is 14.9 Å². The van der Waals surface area contributed by atoms with Gasteiger partial charge in [0.05, 0.1) is 11.0 Å². The summed E-state index contributed by atoms with van der Waals surface area (Å²) in [6.07, 6.45) is 2.34. The largest absolute Gasteiger partial charge is 0.331 e. The number of hydrogen-bond acceptors (Lipinski definition) is 2. The summed E-state index contributed by atoms with van der Waals surface area (Å²) < 4.78 is 2.28. The molecule has 2 heterocycles. The fraction of sp³-hybridized carbons (Fsp3) is 0.533. The first-order chi connectivity index (χ1) is 8.60. The molecule has 0 unspecified atom stereocenters. The van der Waals surface area contributed by atoms with Crippen LogP contribution in [-0.4, -0.2) is 22.6 Å². The molecular formula is C15H21N3. The highest BCUT2D eigenvalue weighted by atomic mass is 15.1. The van der Waals surface area contributed by atoms with E-state index in [4.69, 9.17) is 4.98 Å². The predicted octanol–water partition coefficient (Wildman–Crippen LogP) is 2.52. The lowest BCUT2D eigenvalue weighted by molar-refractivity contribution is 0.313. The lowest BCUT2D eigenvalue weighted by Gasteiger charge is -2.33. The van der Waals surface area contributed by atoms with E-state index < -0.39 is 0 Å². The summed E-state index contributed by atoms with van der Waals surface area (Å²) in [6.45, 7) is 6.67. The van der Waals surface area contributed by atoms with Crippen molar-refractivity contribution in [2.75, 3.05) is 13.1 Å². The molecule has 3 nitrogen and oxygen atoms in total. The zero-order chi connectivity index (χ0) is 12.8. The van der Waals surface area contributed by atoms with Gasteiger partial charge in [0.2, 0.25) is 0 Å². The average molecular weight is 243 g/mol. The molecule has 0 spiro atoms. The molecule has 0 atom stereocenters. The Hall–Kier alpha value is -1.35. The van der Waals surface area contributed by atoms with Crippen molar-refractivity contribution in [2.45, 2.75) is 32.1 Å². The zero-order valence-electron chi connectivity index (χ0n) is 11.5. The highest BCUT2D eigenvalue weighted by Gasteiger charge is 2.33. The van der Waals surface area contributed by atoms with Crippen molar-refractivity contribution < 1.29 is 0 Å². The third kappa shape index (κ3) is 1.74. The quantitative estimate of drug-likeness (QED) is 0.834. The molecule has 0 saturated carbocycles. The van der Waals surface area contributed by atoms with Crippen molar-refractivity contribution in [2.24, 2.45) is 7.05 Å². The Morgan fingerprint density at radius 3 is 2.72 bits per heavy atom. The van der Waals surface area contributed by atoms with Crippen molar-refractivity contribution in [3.05, 3.63) is 29.6 Å². The minimum atomic E-state index is 0.215. The lowest BCUT2D eigenvalue weighted by atomic mass is 9.80. The van der Waals surface area contributed by atoms with E-state index in [0.717, 1.165) is 18.6 Å². The van der Waals surface area contributed by atoms with Crippen molar-refractivity contribution in [3.8, 4) is 0 Å². The van der Waals surface area contributed by atoms with Crippen LogP contribution in [0.25, 0.3) is 11.0 Å². The smallest absolute Gasteiger partial charge is 0.115 e. The molecule has 0 aliphatic carbocycles. The molecule has 0 amide bonds. The Morgan fingerprint density at radius 1 is 1.28 bits per heavy atom. The second-order valence-electron chi connectivity index (χ2n) is 5.80. The van der Waals surface area contributed by atoms with E-state index in [1.807, 2.05) is 0 Å². The topological polar surface area (TPSA) is 29.9 Å². The molecule has 2 aromatic rings. The van der Waals surface area contributed by atoms with Gasteiger partial charge in [-0.25, -0.2) is 4.98 Å². The maximum Gasteiger partial charge on any atom is 0.115 e. The molecule has 1 aliphatic heterocycles. The summed E-state index contributed by atoms with van der Waals surface area (Å²) in [4.78, 5) is 4.90. The van der Waals surface area contributed by atoms with E-state index in [2.05, 4.69) is 49.0 Å². The molecule has 3 heteroatoms. The van der Waals surface area contributed by atoms with Gasteiger partial charge in [-0.2, -0.15) is 0 Å². The van der Waals surface area contributed by atoms with Crippen LogP contribution in [0.3, 0.4) is 0 Å². The maximum absolute atomic E-state index is 4.90. The van der Waals surface area contributed by atoms with E-state index in [-0.39, 0.29) is 5.41 Å². The van der Waals surface area contributed by atoms with Crippen LogP contribution in [0.4, 0.5) is 0 Å². The van der Waals surface area contributed by atoms with Gasteiger partial charge in [0.1, 0.15) is 5.82 Å². The van der Waals surface area contributed by atoms with Gasteiger partial charge in [0.25, 0.3) is 0 Å². The van der Waals surface area contributed by atoms with Crippen LogP contribution in [0.1, 0.15) is 31.2 Å². The molecule has 18 heavy (non-hydrogen) atoms. The van der Waals surface area contributed by atoms with Gasteiger partial charge in [0, 0.05) is 12.5 Å². The van der Waals surface area contributed by atoms with Gasteiger partial charge in [-0.1, -0.05) is 13.0 Å². The Bertz CT molecular complexity index is 577. The van der Waals surface area contributed by atoms with Crippen LogP contribution in [0, 0.1) is 6.92 Å². The van der Waals surface area contributed by atoms with E-state index >= 15 is 0 Å². The molecule has 1 aliphatic rings. The first-order valence-electron chi connectivity index (χ1n) is 6.74. The first kappa shape index (κ1) is 11.7. The van der Waals surface area contributed by atoms with Gasteiger partial charge >= 0.3 is 0 Å². The van der Waals surface area contributed by atoms with Crippen molar-refractivity contribution in [1.29, 1.82) is 0 Å². The summed E-state index contributed by atoms with van der Waals surface area (Å²) in [7, 11) is 2.15. The third-order valence-corrected chi connectivity index (χ3v) is 4.28. The highest BCUT2D eigenvalue weighted by Crippen LogP contribution is 2.33. The predicted molar refractivity (Wildman–Crippen MR) is 74.9 cm³/mol. The van der Waals surface area contributed by atoms with Crippen molar-refractivity contribution >= 4 is 11.0 Å². The molecule has 1 aromatic heterocycles. The number of aromatic nitrogens is 2. The van der Waals surface area contributed by atoms with E-state index in [0.29, 0.717) is 0 Å². The Labute approximate surface area is 108 Å². The Morgan fingerprint density at radius 2 is 2.00 bits per heavy atom. The normalized spacial score (nSPS) is 19.3. The summed E-state index contributed by atoms with van der Waals surface area (Å²) in [5.41, 5.74) is 3.87. The molecule has 0 radical (unpaired) electrons. The Balaban J connectivity index is 2.14. The minimum absolute atomic E-state index is 0.215. The molecule has 1 fully saturated rings. The summed E-state index contributed by atoms with van der Waals surface area (Å²) >= 11 is 0. The molecule has 3 rings (SSSR count). The molecule has 1 N–H and O–H groups in total. The van der Waals surface area contributed by atoms with Gasteiger partial charge in [-0.05, 0) is 50.6 Å². The molecule has 96 valence electrons. The molecule has 1 saturated heterocycles. The zero-order valence-corrected chi connectivity index (χ0v) is 11.5. The monoisotopic (exact) mass is 243 g/mol. The van der Waals surface area contributed by atoms with E-state index in [1.165, 1.54) is 29.7 Å². The number of fused-ring (bicyclic) bond motifs is 1. The highest BCUT2D eigenvalue weighted by molar-refractivity contribution is 5.77. The minimum Gasteiger partial charge on any atom is -0.331 e. The fourth-order valence-electron chi connectivity index (χ4n) is 3.05. The van der Waals surface area contributed by atoms with Crippen LogP contribution in [0.5, 0.6) is 0 Å². The van der Waals surface area contributed by atoms with Crippen LogP contribution in [0.2, 0.25) is 0 Å². The van der Waals surface area contributed by atoms with Crippen LogP contribution in [-0.2, 0) is 12.5 Å². The number of imidazole rings is 1.